The van der Waals surface area contributed by atoms with Crippen LogP contribution in [0.25, 0.3) is 11.3 Å². The highest BCUT2D eigenvalue weighted by Gasteiger charge is 2.08. The van der Waals surface area contributed by atoms with Gasteiger partial charge in [-0.15, -0.1) is 0 Å². The van der Waals surface area contributed by atoms with E-state index in [1.165, 1.54) is 16.3 Å². The molecule has 0 saturated carbocycles. The van der Waals surface area contributed by atoms with Crippen LogP contribution in [-0.2, 0) is 17.8 Å². The van der Waals surface area contributed by atoms with E-state index in [1.54, 1.807) is 6.07 Å². The third kappa shape index (κ3) is 4.25. The van der Waals surface area contributed by atoms with Gasteiger partial charge in [0.1, 0.15) is 6.54 Å². The van der Waals surface area contributed by atoms with E-state index in [-0.39, 0.29) is 18.0 Å². The number of rotatable bonds is 5. The second-order valence-electron chi connectivity index (χ2n) is 6.18. The standard InChI is InChI=1S/C21H21N3O2/c1-3-16-7-9-17(10-8-16)19-11-12-21(26)24(23-19)14-20(25)22-18-6-4-5-15(2)13-18/h4-13H,3,14H2,1-2H3,(H,22,25). The van der Waals surface area contributed by atoms with Crippen molar-refractivity contribution in [3.63, 3.8) is 0 Å². The topological polar surface area (TPSA) is 64.0 Å². The quantitative estimate of drug-likeness (QED) is 0.769. The molecule has 3 rings (SSSR count). The number of carbonyl (C=O) groups is 1. The van der Waals surface area contributed by atoms with E-state index in [9.17, 15) is 9.59 Å². The van der Waals surface area contributed by atoms with Crippen molar-refractivity contribution < 1.29 is 4.79 Å². The van der Waals surface area contributed by atoms with E-state index in [0.717, 1.165) is 17.5 Å². The van der Waals surface area contributed by atoms with Crippen LogP contribution in [0.15, 0.2) is 65.5 Å². The first-order valence-electron chi connectivity index (χ1n) is 8.59. The number of anilines is 1. The summed E-state index contributed by atoms with van der Waals surface area (Å²) in [6.07, 6.45) is 0.965. The molecule has 0 unspecified atom stereocenters. The number of hydrogen-bond donors (Lipinski definition) is 1. The minimum absolute atomic E-state index is 0.131. The van der Waals surface area contributed by atoms with Crippen LogP contribution in [0.2, 0.25) is 0 Å². The first-order valence-corrected chi connectivity index (χ1v) is 8.59. The van der Waals surface area contributed by atoms with Gasteiger partial charge < -0.3 is 5.32 Å². The maximum atomic E-state index is 12.3. The summed E-state index contributed by atoms with van der Waals surface area (Å²) in [4.78, 5) is 24.3. The lowest BCUT2D eigenvalue weighted by molar-refractivity contribution is -0.117. The Labute approximate surface area is 152 Å². The van der Waals surface area contributed by atoms with E-state index in [2.05, 4.69) is 17.3 Å². The van der Waals surface area contributed by atoms with E-state index < -0.39 is 0 Å². The molecule has 1 heterocycles. The molecule has 0 saturated heterocycles. The van der Waals surface area contributed by atoms with E-state index in [4.69, 9.17) is 0 Å². The second-order valence-corrected chi connectivity index (χ2v) is 6.18. The lowest BCUT2D eigenvalue weighted by Crippen LogP contribution is -2.29. The first kappa shape index (κ1) is 17.6. The Balaban J connectivity index is 1.79. The van der Waals surface area contributed by atoms with Gasteiger partial charge in [0.15, 0.2) is 0 Å². The number of aromatic nitrogens is 2. The molecule has 0 aliphatic carbocycles. The second kappa shape index (κ2) is 7.78. The van der Waals surface area contributed by atoms with Crippen LogP contribution in [0.3, 0.4) is 0 Å². The van der Waals surface area contributed by atoms with Gasteiger partial charge >= 0.3 is 0 Å². The molecule has 0 aliphatic heterocycles. The van der Waals surface area contributed by atoms with Gasteiger partial charge in [0.05, 0.1) is 5.69 Å². The molecule has 132 valence electrons. The van der Waals surface area contributed by atoms with Gasteiger partial charge in [-0.3, -0.25) is 9.59 Å². The number of nitrogens with zero attached hydrogens (tertiary/aromatic N) is 2. The molecule has 1 amide bonds. The van der Waals surface area contributed by atoms with Crippen LogP contribution in [0.4, 0.5) is 5.69 Å². The Morgan fingerprint density at radius 2 is 1.85 bits per heavy atom. The fraction of sp³-hybridized carbons (Fsp3) is 0.190. The molecule has 0 spiro atoms. The number of carbonyl (C=O) groups excluding carboxylic acids is 1. The van der Waals surface area contributed by atoms with Crippen LogP contribution in [0.1, 0.15) is 18.1 Å². The van der Waals surface area contributed by atoms with Crippen LogP contribution in [0.5, 0.6) is 0 Å². The number of benzene rings is 2. The van der Waals surface area contributed by atoms with Crippen LogP contribution < -0.4 is 10.9 Å². The highest BCUT2D eigenvalue weighted by Crippen LogP contribution is 2.16. The van der Waals surface area contributed by atoms with Gasteiger partial charge in [-0.25, -0.2) is 4.68 Å². The van der Waals surface area contributed by atoms with Crippen molar-refractivity contribution in [2.24, 2.45) is 0 Å². The largest absolute Gasteiger partial charge is 0.324 e. The van der Waals surface area contributed by atoms with E-state index in [0.29, 0.717) is 11.4 Å². The summed E-state index contributed by atoms with van der Waals surface area (Å²) >= 11 is 0. The SMILES string of the molecule is CCc1ccc(-c2ccc(=O)n(CC(=O)Nc3cccc(C)c3)n2)cc1. The zero-order chi connectivity index (χ0) is 18.5. The van der Waals surface area contributed by atoms with Gasteiger partial charge in [0.25, 0.3) is 5.56 Å². The van der Waals surface area contributed by atoms with Crippen molar-refractivity contribution in [3.05, 3.63) is 82.1 Å². The van der Waals surface area contributed by atoms with E-state index >= 15 is 0 Å². The van der Waals surface area contributed by atoms with Crippen molar-refractivity contribution in [1.82, 2.24) is 9.78 Å². The third-order valence-electron chi connectivity index (χ3n) is 4.12. The van der Waals surface area contributed by atoms with Crippen molar-refractivity contribution in [2.45, 2.75) is 26.8 Å². The van der Waals surface area contributed by atoms with Crippen LogP contribution in [-0.4, -0.2) is 15.7 Å². The maximum absolute atomic E-state index is 12.3. The normalized spacial score (nSPS) is 10.5. The predicted octanol–water partition coefficient (Wildman–Crippen LogP) is 3.42. The predicted molar refractivity (Wildman–Crippen MR) is 103 cm³/mol. The molecule has 1 N–H and O–H groups in total. The maximum Gasteiger partial charge on any atom is 0.267 e. The Bertz CT molecular complexity index is 975. The van der Waals surface area contributed by atoms with Crippen LogP contribution >= 0.6 is 0 Å². The molecule has 0 bridgehead atoms. The summed E-state index contributed by atoms with van der Waals surface area (Å²) in [6.45, 7) is 3.92. The van der Waals surface area contributed by atoms with Gasteiger partial charge in [-0.2, -0.15) is 5.10 Å². The number of hydrogen-bond acceptors (Lipinski definition) is 3. The smallest absolute Gasteiger partial charge is 0.267 e. The van der Waals surface area contributed by atoms with Gasteiger partial charge in [0.2, 0.25) is 5.91 Å². The first-order chi connectivity index (χ1) is 12.5. The Morgan fingerprint density at radius 1 is 1.08 bits per heavy atom. The highest BCUT2D eigenvalue weighted by molar-refractivity contribution is 5.90. The molecule has 3 aromatic rings. The van der Waals surface area contributed by atoms with Gasteiger partial charge in [0, 0.05) is 17.3 Å². The molecule has 5 nitrogen and oxygen atoms in total. The number of aryl methyl sites for hydroxylation is 2. The fourth-order valence-corrected chi connectivity index (χ4v) is 2.69. The van der Waals surface area contributed by atoms with Crippen LogP contribution in [0, 0.1) is 6.92 Å². The molecule has 0 radical (unpaired) electrons. The van der Waals surface area contributed by atoms with Crippen molar-refractivity contribution in [1.29, 1.82) is 0 Å². The average molecular weight is 347 g/mol. The summed E-state index contributed by atoms with van der Waals surface area (Å²) in [7, 11) is 0. The molecule has 2 aromatic carbocycles. The zero-order valence-corrected chi connectivity index (χ0v) is 14.9. The summed E-state index contributed by atoms with van der Waals surface area (Å²) in [5.74, 6) is -0.288. The Morgan fingerprint density at radius 3 is 2.54 bits per heavy atom. The lowest BCUT2D eigenvalue weighted by atomic mass is 10.1. The molecule has 26 heavy (non-hydrogen) atoms. The summed E-state index contributed by atoms with van der Waals surface area (Å²) in [5, 5.41) is 7.13. The van der Waals surface area contributed by atoms with Crippen molar-refractivity contribution >= 4 is 11.6 Å². The van der Waals surface area contributed by atoms with E-state index in [1.807, 2.05) is 55.5 Å². The van der Waals surface area contributed by atoms with Gasteiger partial charge in [-0.1, -0.05) is 43.3 Å². The number of amides is 1. The summed E-state index contributed by atoms with van der Waals surface area (Å²) in [6, 6.07) is 18.7. The summed E-state index contributed by atoms with van der Waals surface area (Å²) in [5.41, 5.74) is 4.26. The monoisotopic (exact) mass is 347 g/mol. The number of nitrogens with one attached hydrogen (secondary N) is 1. The molecule has 5 heteroatoms. The zero-order valence-electron chi connectivity index (χ0n) is 14.9. The molecule has 0 atom stereocenters. The molecule has 0 aliphatic rings. The Hall–Kier alpha value is -3.21. The highest BCUT2D eigenvalue weighted by atomic mass is 16.2. The minimum atomic E-state index is -0.307. The minimum Gasteiger partial charge on any atom is -0.324 e. The van der Waals surface area contributed by atoms with Crippen molar-refractivity contribution in [3.8, 4) is 11.3 Å². The molecule has 0 fully saturated rings. The molecular weight excluding hydrogens is 326 g/mol. The summed E-state index contributed by atoms with van der Waals surface area (Å²) < 4.78 is 1.19. The Kier molecular flexibility index (Phi) is 5.27. The fourth-order valence-electron chi connectivity index (χ4n) is 2.69. The van der Waals surface area contributed by atoms with Gasteiger partial charge in [-0.05, 0) is 42.7 Å². The third-order valence-corrected chi connectivity index (χ3v) is 4.12. The molecule has 1 aromatic heterocycles. The average Bonchev–Trinajstić information content (AvgIpc) is 2.63. The lowest BCUT2D eigenvalue weighted by Gasteiger charge is -2.09. The van der Waals surface area contributed by atoms with Crippen molar-refractivity contribution in [2.75, 3.05) is 5.32 Å². The molecular formula is C21H21N3O2.